The van der Waals surface area contributed by atoms with Gasteiger partial charge in [0.15, 0.2) is 0 Å². The van der Waals surface area contributed by atoms with Crippen LogP contribution < -0.4 is 5.73 Å². The molecule has 2 N–H and O–H groups in total. The molecule has 16 heavy (non-hydrogen) atoms. The third-order valence-electron chi connectivity index (χ3n) is 3.31. The molecule has 2 rings (SSSR count). The molecular weight excluding hydrogens is 218 g/mol. The highest BCUT2D eigenvalue weighted by atomic mass is 32.1. The van der Waals surface area contributed by atoms with Gasteiger partial charge >= 0.3 is 0 Å². The maximum Gasteiger partial charge on any atom is 0.0972 e. The van der Waals surface area contributed by atoms with Crippen molar-refractivity contribution >= 4 is 11.3 Å². The second-order valence-electron chi connectivity index (χ2n) is 4.81. The average Bonchev–Trinajstić information content (AvgIpc) is 2.77. The van der Waals surface area contributed by atoms with Gasteiger partial charge in [-0.1, -0.05) is 0 Å². The molecule has 0 aromatic carbocycles. The highest BCUT2D eigenvalue weighted by Gasteiger charge is 2.24. The van der Waals surface area contributed by atoms with Crippen LogP contribution in [0.15, 0.2) is 5.38 Å². The summed E-state index contributed by atoms with van der Waals surface area (Å²) in [4.78, 5) is 7.17. The molecule has 0 saturated carbocycles. The van der Waals surface area contributed by atoms with Gasteiger partial charge in [-0.15, -0.1) is 11.3 Å². The van der Waals surface area contributed by atoms with E-state index in [4.69, 9.17) is 5.73 Å². The van der Waals surface area contributed by atoms with E-state index in [2.05, 4.69) is 29.1 Å². The Bertz CT molecular complexity index is 335. The Morgan fingerprint density at radius 3 is 3.06 bits per heavy atom. The second kappa shape index (κ2) is 5.25. The van der Waals surface area contributed by atoms with Crippen LogP contribution in [0.25, 0.3) is 0 Å². The third kappa shape index (κ3) is 2.62. The van der Waals surface area contributed by atoms with Crippen LogP contribution in [-0.2, 0) is 6.54 Å². The zero-order valence-corrected chi connectivity index (χ0v) is 11.0. The molecule has 1 aliphatic heterocycles. The predicted molar refractivity (Wildman–Crippen MR) is 68.7 cm³/mol. The first-order valence-corrected chi connectivity index (χ1v) is 6.97. The van der Waals surface area contributed by atoms with E-state index in [0.717, 1.165) is 12.2 Å². The fraction of sp³-hybridized carbons (Fsp3) is 0.750. The van der Waals surface area contributed by atoms with E-state index in [1.807, 2.05) is 0 Å². The van der Waals surface area contributed by atoms with Crippen LogP contribution in [0.5, 0.6) is 0 Å². The third-order valence-corrected chi connectivity index (χ3v) is 4.37. The number of thiazole rings is 1. The monoisotopic (exact) mass is 239 g/mol. The maximum absolute atomic E-state index is 5.60. The van der Waals surface area contributed by atoms with Crippen LogP contribution in [0.3, 0.4) is 0 Å². The summed E-state index contributed by atoms with van der Waals surface area (Å²) in [7, 11) is 0. The first-order valence-electron chi connectivity index (χ1n) is 6.09. The van der Waals surface area contributed by atoms with Crippen molar-refractivity contribution in [2.75, 3.05) is 13.1 Å². The summed E-state index contributed by atoms with van der Waals surface area (Å²) >= 11 is 1.78. The van der Waals surface area contributed by atoms with Crippen LogP contribution in [0.4, 0.5) is 0 Å². The Kier molecular flexibility index (Phi) is 3.95. The van der Waals surface area contributed by atoms with Gasteiger partial charge in [0.1, 0.15) is 0 Å². The summed E-state index contributed by atoms with van der Waals surface area (Å²) in [6.45, 7) is 7.51. The summed E-state index contributed by atoms with van der Waals surface area (Å²) in [5.41, 5.74) is 6.65. The van der Waals surface area contributed by atoms with Gasteiger partial charge in [-0.3, -0.25) is 0 Å². The molecule has 1 atom stereocenters. The number of hydrogen-bond donors (Lipinski definition) is 1. The molecule has 1 saturated heterocycles. The van der Waals surface area contributed by atoms with Gasteiger partial charge in [0.2, 0.25) is 0 Å². The highest BCUT2D eigenvalue weighted by molar-refractivity contribution is 7.09. The van der Waals surface area contributed by atoms with Gasteiger partial charge in [-0.25, -0.2) is 4.98 Å². The van der Waals surface area contributed by atoms with E-state index in [0.29, 0.717) is 18.5 Å². The molecule has 0 spiro atoms. The molecule has 4 heteroatoms. The van der Waals surface area contributed by atoms with Crippen molar-refractivity contribution in [3.05, 3.63) is 16.1 Å². The van der Waals surface area contributed by atoms with E-state index >= 15 is 0 Å². The van der Waals surface area contributed by atoms with Crippen LogP contribution >= 0.6 is 11.3 Å². The lowest BCUT2D eigenvalue weighted by Crippen LogP contribution is -2.39. The molecular formula is C12H21N3S. The summed E-state index contributed by atoms with van der Waals surface area (Å²) in [5, 5.41) is 3.38. The van der Waals surface area contributed by atoms with Gasteiger partial charge in [0.25, 0.3) is 0 Å². The van der Waals surface area contributed by atoms with Crippen LogP contribution in [0.2, 0.25) is 0 Å². The highest BCUT2D eigenvalue weighted by Crippen LogP contribution is 2.29. The number of piperidine rings is 1. The van der Waals surface area contributed by atoms with Crippen LogP contribution in [-0.4, -0.2) is 29.0 Å². The van der Waals surface area contributed by atoms with Gasteiger partial charge in [0.05, 0.1) is 10.7 Å². The Balaban J connectivity index is 2.03. The lowest BCUT2D eigenvalue weighted by atomic mass is 9.98. The molecule has 90 valence electrons. The molecule has 0 radical (unpaired) electrons. The number of nitrogens with zero attached hydrogens (tertiary/aromatic N) is 2. The van der Waals surface area contributed by atoms with Crippen molar-refractivity contribution in [2.45, 2.75) is 45.2 Å². The fourth-order valence-electron chi connectivity index (χ4n) is 2.28. The van der Waals surface area contributed by atoms with Crippen molar-refractivity contribution < 1.29 is 0 Å². The normalized spacial score (nSPS) is 22.9. The molecule has 0 bridgehead atoms. The van der Waals surface area contributed by atoms with Gasteiger partial charge in [-0.2, -0.15) is 0 Å². The van der Waals surface area contributed by atoms with Crippen molar-refractivity contribution in [1.29, 1.82) is 0 Å². The van der Waals surface area contributed by atoms with E-state index in [1.54, 1.807) is 11.3 Å². The summed E-state index contributed by atoms with van der Waals surface area (Å²) in [6, 6.07) is 0.650. The van der Waals surface area contributed by atoms with Crippen molar-refractivity contribution in [3.63, 3.8) is 0 Å². The summed E-state index contributed by atoms with van der Waals surface area (Å²) in [5.74, 6) is 0.626. The number of aromatic nitrogens is 1. The fourth-order valence-corrected chi connectivity index (χ4v) is 3.24. The lowest BCUT2D eigenvalue weighted by molar-refractivity contribution is 0.167. The number of hydrogen-bond acceptors (Lipinski definition) is 4. The standard InChI is InChI=1S/C12H21N3S/c1-9(2)15-5-3-4-10(7-15)12-14-11(6-13)8-16-12/h8-10H,3-7,13H2,1-2H3. The van der Waals surface area contributed by atoms with E-state index in [-0.39, 0.29) is 0 Å². The molecule has 1 aromatic heterocycles. The molecule has 1 aliphatic rings. The smallest absolute Gasteiger partial charge is 0.0972 e. The molecule has 0 aliphatic carbocycles. The zero-order chi connectivity index (χ0) is 11.5. The second-order valence-corrected chi connectivity index (χ2v) is 5.70. The van der Waals surface area contributed by atoms with Crippen molar-refractivity contribution in [2.24, 2.45) is 5.73 Å². The van der Waals surface area contributed by atoms with Crippen molar-refractivity contribution in [3.8, 4) is 0 Å². The number of likely N-dealkylation sites (tertiary alicyclic amines) is 1. The lowest BCUT2D eigenvalue weighted by Gasteiger charge is -2.34. The molecule has 1 fully saturated rings. The van der Waals surface area contributed by atoms with Crippen LogP contribution in [0.1, 0.15) is 43.3 Å². The molecule has 0 amide bonds. The zero-order valence-electron chi connectivity index (χ0n) is 10.1. The largest absolute Gasteiger partial charge is 0.325 e. The molecule has 1 unspecified atom stereocenters. The number of nitrogens with two attached hydrogens (primary N) is 1. The first-order chi connectivity index (χ1) is 7.70. The van der Waals surface area contributed by atoms with Crippen molar-refractivity contribution in [1.82, 2.24) is 9.88 Å². The minimum atomic E-state index is 0.567. The molecule has 3 nitrogen and oxygen atoms in total. The Hall–Kier alpha value is -0.450. The first kappa shape index (κ1) is 12.0. The Morgan fingerprint density at radius 2 is 2.44 bits per heavy atom. The van der Waals surface area contributed by atoms with E-state index in [1.165, 1.54) is 24.4 Å². The topological polar surface area (TPSA) is 42.2 Å². The predicted octanol–water partition coefficient (Wildman–Crippen LogP) is 2.19. The van der Waals surface area contributed by atoms with Gasteiger partial charge in [-0.05, 0) is 33.2 Å². The minimum absolute atomic E-state index is 0.567. The maximum atomic E-state index is 5.60. The minimum Gasteiger partial charge on any atom is -0.325 e. The number of rotatable bonds is 3. The van der Waals surface area contributed by atoms with Gasteiger partial charge in [0, 0.05) is 30.4 Å². The SMILES string of the molecule is CC(C)N1CCCC(c2nc(CN)cs2)C1. The van der Waals surface area contributed by atoms with E-state index in [9.17, 15) is 0 Å². The summed E-state index contributed by atoms with van der Waals surface area (Å²) in [6.07, 6.45) is 2.57. The molecule has 2 heterocycles. The van der Waals surface area contributed by atoms with Gasteiger partial charge < -0.3 is 10.6 Å². The quantitative estimate of drug-likeness (QED) is 0.879. The Morgan fingerprint density at radius 1 is 1.62 bits per heavy atom. The van der Waals surface area contributed by atoms with Crippen LogP contribution in [0, 0.1) is 0 Å². The summed E-state index contributed by atoms with van der Waals surface area (Å²) < 4.78 is 0. The molecule has 1 aromatic rings. The van der Waals surface area contributed by atoms with E-state index < -0.39 is 0 Å². The Labute approximate surface area is 102 Å². The average molecular weight is 239 g/mol.